The molecule has 1 aromatic rings. The molecule has 0 saturated carbocycles. The summed E-state index contributed by atoms with van der Waals surface area (Å²) < 4.78 is 10.4. The molecule has 110 valence electrons. The molecule has 6 nitrogen and oxygen atoms in total. The van der Waals surface area contributed by atoms with Gasteiger partial charge < -0.3 is 20.1 Å². The molecule has 1 aliphatic heterocycles. The highest BCUT2D eigenvalue weighted by Crippen LogP contribution is 2.25. The molecule has 1 saturated heterocycles. The minimum absolute atomic E-state index is 0.0257. The van der Waals surface area contributed by atoms with Crippen LogP contribution >= 0.6 is 0 Å². The van der Waals surface area contributed by atoms with Crippen LogP contribution in [0.25, 0.3) is 0 Å². The number of anilines is 1. The molecule has 6 heteroatoms. The van der Waals surface area contributed by atoms with E-state index in [1.807, 2.05) is 0 Å². The van der Waals surface area contributed by atoms with Crippen LogP contribution in [0.5, 0.6) is 11.5 Å². The molecule has 0 aliphatic carbocycles. The van der Waals surface area contributed by atoms with E-state index in [-0.39, 0.29) is 5.91 Å². The molecule has 1 aromatic carbocycles. The van der Waals surface area contributed by atoms with Crippen LogP contribution in [-0.2, 0) is 4.79 Å². The zero-order valence-corrected chi connectivity index (χ0v) is 11.9. The monoisotopic (exact) mass is 279 g/mol. The Morgan fingerprint density at radius 2 is 1.80 bits per heavy atom. The number of methoxy groups -OCH3 is 2. The van der Waals surface area contributed by atoms with Gasteiger partial charge in [0.05, 0.1) is 20.8 Å². The van der Waals surface area contributed by atoms with E-state index >= 15 is 0 Å². The molecule has 0 unspecified atom stereocenters. The van der Waals surface area contributed by atoms with Crippen molar-refractivity contribution < 1.29 is 14.3 Å². The summed E-state index contributed by atoms with van der Waals surface area (Å²) in [6.45, 7) is 4.06. The molecule has 0 radical (unpaired) electrons. The van der Waals surface area contributed by atoms with Crippen molar-refractivity contribution in [1.82, 2.24) is 10.2 Å². The molecule has 2 N–H and O–H groups in total. The number of rotatable bonds is 5. The third kappa shape index (κ3) is 4.11. The number of ether oxygens (including phenoxy) is 2. The molecule has 0 spiro atoms. The van der Waals surface area contributed by atoms with E-state index in [1.165, 1.54) is 0 Å². The van der Waals surface area contributed by atoms with Crippen molar-refractivity contribution >= 4 is 11.6 Å². The summed E-state index contributed by atoms with van der Waals surface area (Å²) in [5.74, 6) is 1.28. The first-order valence-corrected chi connectivity index (χ1v) is 6.67. The van der Waals surface area contributed by atoms with Crippen LogP contribution in [0, 0.1) is 0 Å². The van der Waals surface area contributed by atoms with Crippen molar-refractivity contribution in [2.45, 2.75) is 0 Å². The molecule has 1 fully saturated rings. The number of amides is 1. The maximum atomic E-state index is 12.0. The SMILES string of the molecule is COc1cc(NC(=O)CN2CCNCC2)cc(OC)c1. The van der Waals surface area contributed by atoms with E-state index in [0.717, 1.165) is 26.2 Å². The number of nitrogens with one attached hydrogen (secondary N) is 2. The lowest BCUT2D eigenvalue weighted by Crippen LogP contribution is -2.46. The van der Waals surface area contributed by atoms with E-state index in [1.54, 1.807) is 32.4 Å². The Morgan fingerprint density at radius 3 is 2.35 bits per heavy atom. The quantitative estimate of drug-likeness (QED) is 0.824. The van der Waals surface area contributed by atoms with Crippen molar-refractivity contribution in [1.29, 1.82) is 0 Å². The zero-order chi connectivity index (χ0) is 14.4. The van der Waals surface area contributed by atoms with Crippen LogP contribution in [0.4, 0.5) is 5.69 Å². The summed E-state index contributed by atoms with van der Waals surface area (Å²) in [4.78, 5) is 14.2. The Bertz CT molecular complexity index is 437. The molecular weight excluding hydrogens is 258 g/mol. The highest BCUT2D eigenvalue weighted by molar-refractivity contribution is 5.92. The van der Waals surface area contributed by atoms with Gasteiger partial charge in [0, 0.05) is 50.1 Å². The van der Waals surface area contributed by atoms with Crippen LogP contribution in [0.3, 0.4) is 0 Å². The number of piperazine rings is 1. The molecular formula is C14H21N3O3. The fourth-order valence-electron chi connectivity index (χ4n) is 2.15. The molecule has 1 heterocycles. The van der Waals surface area contributed by atoms with Crippen molar-refractivity contribution in [3.05, 3.63) is 18.2 Å². The summed E-state index contributed by atoms with van der Waals surface area (Å²) >= 11 is 0. The molecule has 0 aromatic heterocycles. The largest absolute Gasteiger partial charge is 0.497 e. The summed E-state index contributed by atoms with van der Waals surface area (Å²) in [7, 11) is 3.17. The standard InChI is InChI=1S/C14H21N3O3/c1-19-12-7-11(8-13(9-12)20-2)16-14(18)10-17-5-3-15-4-6-17/h7-9,15H,3-6,10H2,1-2H3,(H,16,18). The van der Waals surface area contributed by atoms with E-state index in [0.29, 0.717) is 23.7 Å². The number of nitrogens with zero attached hydrogens (tertiary/aromatic N) is 1. The fourth-order valence-corrected chi connectivity index (χ4v) is 2.15. The maximum absolute atomic E-state index is 12.0. The summed E-state index contributed by atoms with van der Waals surface area (Å²) in [6.07, 6.45) is 0. The number of hydrogen-bond donors (Lipinski definition) is 2. The molecule has 1 amide bonds. The maximum Gasteiger partial charge on any atom is 0.238 e. The van der Waals surface area contributed by atoms with Gasteiger partial charge in [-0.2, -0.15) is 0 Å². The van der Waals surface area contributed by atoms with Crippen LogP contribution in [0.15, 0.2) is 18.2 Å². The average molecular weight is 279 g/mol. The van der Waals surface area contributed by atoms with Gasteiger partial charge in [-0.15, -0.1) is 0 Å². The van der Waals surface area contributed by atoms with Crippen LogP contribution in [-0.4, -0.2) is 57.8 Å². The second kappa shape index (κ2) is 7.12. The molecule has 1 aliphatic rings. The summed E-state index contributed by atoms with van der Waals surface area (Å²) in [5.41, 5.74) is 0.682. The minimum Gasteiger partial charge on any atom is -0.497 e. The van der Waals surface area contributed by atoms with Gasteiger partial charge in [0.25, 0.3) is 0 Å². The average Bonchev–Trinajstić information content (AvgIpc) is 2.47. The summed E-state index contributed by atoms with van der Waals surface area (Å²) in [5, 5.41) is 6.14. The third-order valence-corrected chi connectivity index (χ3v) is 3.21. The second-order valence-corrected chi connectivity index (χ2v) is 4.68. The van der Waals surface area contributed by atoms with Gasteiger partial charge in [-0.1, -0.05) is 0 Å². The fraction of sp³-hybridized carbons (Fsp3) is 0.500. The minimum atomic E-state index is -0.0257. The number of carbonyl (C=O) groups excluding carboxylic acids is 1. The van der Waals surface area contributed by atoms with Gasteiger partial charge in [-0.3, -0.25) is 9.69 Å². The Balaban J connectivity index is 1.95. The van der Waals surface area contributed by atoms with Gasteiger partial charge in [-0.25, -0.2) is 0 Å². The Labute approximate surface area is 119 Å². The first-order valence-electron chi connectivity index (χ1n) is 6.67. The van der Waals surface area contributed by atoms with Crippen molar-refractivity contribution in [2.75, 3.05) is 52.3 Å². The highest BCUT2D eigenvalue weighted by atomic mass is 16.5. The highest BCUT2D eigenvalue weighted by Gasteiger charge is 2.14. The van der Waals surface area contributed by atoms with Crippen LogP contribution in [0.2, 0.25) is 0 Å². The van der Waals surface area contributed by atoms with E-state index in [4.69, 9.17) is 9.47 Å². The van der Waals surface area contributed by atoms with Crippen LogP contribution in [0.1, 0.15) is 0 Å². The number of benzene rings is 1. The Kier molecular flexibility index (Phi) is 5.20. The van der Waals surface area contributed by atoms with E-state index in [9.17, 15) is 4.79 Å². The lowest BCUT2D eigenvalue weighted by atomic mass is 10.2. The molecule has 20 heavy (non-hydrogen) atoms. The molecule has 0 atom stereocenters. The van der Waals surface area contributed by atoms with Gasteiger partial charge >= 0.3 is 0 Å². The number of hydrogen-bond acceptors (Lipinski definition) is 5. The summed E-state index contributed by atoms with van der Waals surface area (Å²) in [6, 6.07) is 5.32. The molecule has 2 rings (SSSR count). The van der Waals surface area contributed by atoms with E-state index in [2.05, 4.69) is 15.5 Å². The second-order valence-electron chi connectivity index (χ2n) is 4.68. The Hall–Kier alpha value is -1.79. The van der Waals surface area contributed by atoms with Crippen molar-refractivity contribution in [3.63, 3.8) is 0 Å². The van der Waals surface area contributed by atoms with Gasteiger partial charge in [0.1, 0.15) is 11.5 Å². The predicted molar refractivity (Wildman–Crippen MR) is 77.5 cm³/mol. The lowest BCUT2D eigenvalue weighted by Gasteiger charge is -2.26. The topological polar surface area (TPSA) is 62.8 Å². The molecule has 0 bridgehead atoms. The van der Waals surface area contributed by atoms with Gasteiger partial charge in [0.15, 0.2) is 0 Å². The van der Waals surface area contributed by atoms with E-state index < -0.39 is 0 Å². The van der Waals surface area contributed by atoms with Crippen molar-refractivity contribution in [2.24, 2.45) is 0 Å². The lowest BCUT2D eigenvalue weighted by molar-refractivity contribution is -0.117. The zero-order valence-electron chi connectivity index (χ0n) is 11.9. The predicted octanol–water partition coefficient (Wildman–Crippen LogP) is 0.547. The number of carbonyl (C=O) groups is 1. The smallest absolute Gasteiger partial charge is 0.238 e. The Morgan fingerprint density at radius 1 is 1.20 bits per heavy atom. The third-order valence-electron chi connectivity index (χ3n) is 3.21. The van der Waals surface area contributed by atoms with Gasteiger partial charge in [0.2, 0.25) is 5.91 Å². The van der Waals surface area contributed by atoms with Crippen molar-refractivity contribution in [3.8, 4) is 11.5 Å². The van der Waals surface area contributed by atoms with Gasteiger partial charge in [-0.05, 0) is 0 Å². The first-order chi connectivity index (χ1) is 9.71. The van der Waals surface area contributed by atoms with Crippen LogP contribution < -0.4 is 20.1 Å². The normalized spacial score (nSPS) is 15.7. The first kappa shape index (κ1) is 14.6.